The minimum absolute atomic E-state index is 0.474. The Bertz CT molecular complexity index is 668. The summed E-state index contributed by atoms with van der Waals surface area (Å²) in [6.45, 7) is 0. The van der Waals surface area contributed by atoms with Gasteiger partial charge in [0.15, 0.2) is 6.04 Å². The zero-order valence-electron chi connectivity index (χ0n) is 8.96. The second kappa shape index (κ2) is 4.53. The van der Waals surface area contributed by atoms with Crippen molar-refractivity contribution in [3.8, 4) is 0 Å². The van der Waals surface area contributed by atoms with Gasteiger partial charge >= 0.3 is 5.97 Å². The third-order valence-electron chi connectivity index (χ3n) is 2.47. The lowest BCUT2D eigenvalue weighted by Gasteiger charge is -1.93. The molecule has 0 radical (unpaired) electrons. The van der Waals surface area contributed by atoms with E-state index in [1.54, 1.807) is 6.07 Å². The zero-order chi connectivity index (χ0) is 12.7. The number of halogens is 1. The van der Waals surface area contributed by atoms with Crippen LogP contribution in [0.15, 0.2) is 23.2 Å². The Morgan fingerprint density at radius 2 is 2.33 bits per heavy atom. The number of carboxylic acids is 1. The van der Waals surface area contributed by atoms with Gasteiger partial charge < -0.3 is 5.11 Å². The van der Waals surface area contributed by atoms with Crippen LogP contribution in [0.25, 0.3) is 10.2 Å². The first-order chi connectivity index (χ1) is 8.63. The Labute approximate surface area is 116 Å². The number of fused-ring (bicyclic) bond motifs is 1. The lowest BCUT2D eigenvalue weighted by atomic mass is 10.3. The number of aliphatic carboxylic acids is 1. The zero-order valence-corrected chi connectivity index (χ0v) is 11.3. The van der Waals surface area contributed by atoms with Gasteiger partial charge in [0.2, 0.25) is 0 Å². The second-order valence-electron chi connectivity index (χ2n) is 3.73. The molecule has 2 heterocycles. The highest BCUT2D eigenvalue weighted by Gasteiger charge is 2.26. The normalized spacial score (nSPS) is 19.2. The SMILES string of the molecule is O=C(O)C1CSC(c2nc3cc(Cl)ccc3s2)=N1. The Balaban J connectivity index is 2.00. The first-order valence-electron chi connectivity index (χ1n) is 5.13. The number of hydrogen-bond donors (Lipinski definition) is 1. The summed E-state index contributed by atoms with van der Waals surface area (Å²) < 4.78 is 1.02. The molecule has 1 N–H and O–H groups in total. The van der Waals surface area contributed by atoms with Gasteiger partial charge in [-0.2, -0.15) is 0 Å². The number of carboxylic acid groups (broad SMARTS) is 1. The average Bonchev–Trinajstić information content (AvgIpc) is 2.93. The van der Waals surface area contributed by atoms with Crippen LogP contribution < -0.4 is 0 Å². The van der Waals surface area contributed by atoms with Crippen LogP contribution in [-0.4, -0.2) is 32.9 Å². The maximum atomic E-state index is 10.8. The standard InChI is InChI=1S/C11H7ClN2O2S2/c12-5-1-2-8-6(3-5)13-10(18-8)9-14-7(4-17-9)11(15)16/h1-3,7H,4H2,(H,15,16). The molecule has 18 heavy (non-hydrogen) atoms. The van der Waals surface area contributed by atoms with Gasteiger partial charge in [-0.3, -0.25) is 4.99 Å². The van der Waals surface area contributed by atoms with E-state index in [2.05, 4.69) is 9.98 Å². The Hall–Kier alpha value is -1.11. The topological polar surface area (TPSA) is 62.5 Å². The molecular weight excluding hydrogens is 292 g/mol. The van der Waals surface area contributed by atoms with E-state index >= 15 is 0 Å². The van der Waals surface area contributed by atoms with E-state index in [0.717, 1.165) is 15.2 Å². The molecule has 0 saturated heterocycles. The molecule has 1 aliphatic heterocycles. The molecule has 4 nitrogen and oxygen atoms in total. The van der Waals surface area contributed by atoms with Crippen LogP contribution in [0.5, 0.6) is 0 Å². The number of rotatable bonds is 2. The van der Waals surface area contributed by atoms with Crippen molar-refractivity contribution in [1.29, 1.82) is 0 Å². The fourth-order valence-electron chi connectivity index (χ4n) is 1.61. The van der Waals surface area contributed by atoms with Crippen molar-refractivity contribution in [2.75, 3.05) is 5.75 Å². The Morgan fingerprint density at radius 3 is 3.06 bits per heavy atom. The molecule has 1 aromatic carbocycles. The van der Waals surface area contributed by atoms with E-state index in [9.17, 15) is 4.79 Å². The van der Waals surface area contributed by atoms with Crippen LogP contribution in [0.3, 0.4) is 0 Å². The summed E-state index contributed by atoms with van der Waals surface area (Å²) >= 11 is 8.84. The van der Waals surface area contributed by atoms with E-state index in [4.69, 9.17) is 16.7 Å². The van der Waals surface area contributed by atoms with Gasteiger partial charge in [-0.1, -0.05) is 11.6 Å². The van der Waals surface area contributed by atoms with Gasteiger partial charge in [0.05, 0.1) is 10.2 Å². The van der Waals surface area contributed by atoms with Crippen LogP contribution in [0.1, 0.15) is 5.01 Å². The van der Waals surface area contributed by atoms with Crippen molar-refractivity contribution < 1.29 is 9.90 Å². The van der Waals surface area contributed by atoms with E-state index in [1.807, 2.05) is 12.1 Å². The molecule has 1 aliphatic rings. The molecule has 0 bridgehead atoms. The maximum Gasteiger partial charge on any atom is 0.329 e. The van der Waals surface area contributed by atoms with Crippen molar-refractivity contribution in [2.45, 2.75) is 6.04 Å². The number of hydrogen-bond acceptors (Lipinski definition) is 5. The fraction of sp³-hybridized carbons (Fsp3) is 0.182. The highest BCUT2D eigenvalue weighted by Crippen LogP contribution is 2.30. The maximum absolute atomic E-state index is 10.8. The molecule has 2 aromatic rings. The van der Waals surface area contributed by atoms with Crippen LogP contribution in [0.2, 0.25) is 5.02 Å². The van der Waals surface area contributed by atoms with Crippen LogP contribution >= 0.6 is 34.7 Å². The third kappa shape index (κ3) is 2.11. The largest absolute Gasteiger partial charge is 0.480 e. The van der Waals surface area contributed by atoms with Crippen LogP contribution in [-0.2, 0) is 4.79 Å². The Morgan fingerprint density at radius 1 is 1.50 bits per heavy atom. The smallest absolute Gasteiger partial charge is 0.329 e. The molecule has 92 valence electrons. The number of carbonyl (C=O) groups is 1. The molecule has 0 spiro atoms. The second-order valence-corrected chi connectivity index (χ2v) is 6.21. The Kier molecular flexibility index (Phi) is 3.01. The first-order valence-corrected chi connectivity index (χ1v) is 7.31. The molecule has 1 atom stereocenters. The number of aliphatic imine (C=N–C) groups is 1. The van der Waals surface area contributed by atoms with Crippen molar-refractivity contribution in [3.05, 3.63) is 28.2 Å². The van der Waals surface area contributed by atoms with Gasteiger partial charge in [0.25, 0.3) is 0 Å². The summed E-state index contributed by atoms with van der Waals surface area (Å²) in [5.74, 6) is -0.414. The molecule has 0 fully saturated rings. The van der Waals surface area contributed by atoms with Gasteiger partial charge in [-0.15, -0.1) is 23.1 Å². The van der Waals surface area contributed by atoms with E-state index in [0.29, 0.717) is 15.8 Å². The monoisotopic (exact) mass is 298 g/mol. The molecular formula is C11H7ClN2O2S2. The van der Waals surface area contributed by atoms with Gasteiger partial charge in [-0.05, 0) is 18.2 Å². The summed E-state index contributed by atoms with van der Waals surface area (Å²) in [6.07, 6.45) is 0. The summed E-state index contributed by atoms with van der Waals surface area (Å²) in [6, 6.07) is 4.87. The summed E-state index contributed by atoms with van der Waals surface area (Å²) in [4.78, 5) is 19.4. The predicted octanol–water partition coefficient (Wildman–Crippen LogP) is 2.90. The van der Waals surface area contributed by atoms with E-state index < -0.39 is 12.0 Å². The molecule has 3 rings (SSSR count). The lowest BCUT2D eigenvalue weighted by Crippen LogP contribution is -2.17. The highest BCUT2D eigenvalue weighted by molar-refractivity contribution is 8.15. The number of thioether (sulfide) groups is 1. The summed E-state index contributed by atoms with van der Waals surface area (Å²) in [7, 11) is 0. The molecule has 0 aliphatic carbocycles. The van der Waals surface area contributed by atoms with Gasteiger partial charge in [-0.25, -0.2) is 9.78 Å². The lowest BCUT2D eigenvalue weighted by molar-refractivity contribution is -0.137. The molecule has 7 heteroatoms. The van der Waals surface area contributed by atoms with Gasteiger partial charge in [0, 0.05) is 10.8 Å². The molecule has 0 saturated carbocycles. The van der Waals surface area contributed by atoms with Crippen molar-refractivity contribution in [3.63, 3.8) is 0 Å². The summed E-state index contributed by atoms with van der Waals surface area (Å²) in [5.41, 5.74) is 0.824. The molecule has 1 aromatic heterocycles. The van der Waals surface area contributed by atoms with E-state index in [1.165, 1.54) is 23.1 Å². The van der Waals surface area contributed by atoms with Crippen molar-refractivity contribution in [1.82, 2.24) is 4.98 Å². The highest BCUT2D eigenvalue weighted by atomic mass is 35.5. The number of benzene rings is 1. The average molecular weight is 299 g/mol. The number of thiazole rings is 1. The summed E-state index contributed by atoms with van der Waals surface area (Å²) in [5, 5.41) is 11.0. The van der Waals surface area contributed by atoms with E-state index in [-0.39, 0.29) is 0 Å². The first kappa shape index (κ1) is 12.0. The van der Waals surface area contributed by atoms with Crippen molar-refractivity contribution >= 4 is 55.9 Å². The number of aromatic nitrogens is 1. The van der Waals surface area contributed by atoms with Gasteiger partial charge in [0.1, 0.15) is 10.1 Å². The van der Waals surface area contributed by atoms with Crippen LogP contribution in [0.4, 0.5) is 0 Å². The third-order valence-corrected chi connectivity index (χ3v) is 4.93. The minimum Gasteiger partial charge on any atom is -0.480 e. The minimum atomic E-state index is -0.887. The predicted molar refractivity (Wildman–Crippen MR) is 75.0 cm³/mol. The number of nitrogens with zero attached hydrogens (tertiary/aromatic N) is 2. The molecule has 1 unspecified atom stereocenters. The van der Waals surface area contributed by atoms with Crippen molar-refractivity contribution in [2.24, 2.45) is 4.99 Å². The molecule has 0 amide bonds. The quantitative estimate of drug-likeness (QED) is 0.926. The fourth-order valence-corrected chi connectivity index (χ4v) is 3.82. The van der Waals surface area contributed by atoms with Crippen LogP contribution in [0, 0.1) is 0 Å².